The minimum absolute atomic E-state index is 0.216. The zero-order valence-electron chi connectivity index (χ0n) is 16.3. The molecule has 0 amide bonds. The Balaban J connectivity index is 1.41. The lowest BCUT2D eigenvalue weighted by Crippen LogP contribution is -2.34. The van der Waals surface area contributed by atoms with Gasteiger partial charge in [0.15, 0.2) is 0 Å². The van der Waals surface area contributed by atoms with Crippen molar-refractivity contribution in [2.45, 2.75) is 12.8 Å². The van der Waals surface area contributed by atoms with E-state index in [1.807, 2.05) is 61.9 Å². The summed E-state index contributed by atoms with van der Waals surface area (Å²) in [5.41, 5.74) is 3.22. The molecule has 0 aliphatic carbocycles. The topological polar surface area (TPSA) is 56.3 Å². The summed E-state index contributed by atoms with van der Waals surface area (Å²) >= 11 is 0. The molecule has 146 valence electrons. The molecule has 29 heavy (non-hydrogen) atoms. The van der Waals surface area contributed by atoms with Crippen LogP contribution in [0.25, 0.3) is 21.9 Å². The third-order valence-electron chi connectivity index (χ3n) is 4.70. The molecule has 0 saturated heterocycles. The van der Waals surface area contributed by atoms with Gasteiger partial charge in [0, 0.05) is 29.5 Å². The minimum atomic E-state index is -0.216. The molecule has 2 aromatic carbocycles. The first kappa shape index (κ1) is 19.1. The quantitative estimate of drug-likeness (QED) is 0.455. The van der Waals surface area contributed by atoms with Crippen LogP contribution >= 0.6 is 0 Å². The minimum Gasteiger partial charge on any atom is -0.488 e. The second-order valence-corrected chi connectivity index (χ2v) is 6.73. The van der Waals surface area contributed by atoms with E-state index in [2.05, 4.69) is 33.5 Å². The number of ether oxygens (including phenoxy) is 2. The fraction of sp³-hybridized carbons (Fsp3) is 0.167. The number of nitrogens with one attached hydrogen (secondary N) is 1. The number of fused-ring (bicyclic) bond motifs is 1. The molecule has 2 aromatic heterocycles. The van der Waals surface area contributed by atoms with Crippen molar-refractivity contribution >= 4 is 10.8 Å². The Morgan fingerprint density at radius 2 is 1.76 bits per heavy atom. The maximum absolute atomic E-state index is 5.94. The number of likely N-dealkylation sites (N-methyl/N-ethyl adjacent to an activating group) is 1. The monoisotopic (exact) mass is 385 g/mol. The Bertz CT molecular complexity index is 1070. The van der Waals surface area contributed by atoms with E-state index < -0.39 is 0 Å². The molecule has 0 bridgehead atoms. The van der Waals surface area contributed by atoms with E-state index >= 15 is 0 Å². The van der Waals surface area contributed by atoms with Gasteiger partial charge in [0.1, 0.15) is 18.6 Å². The van der Waals surface area contributed by atoms with Gasteiger partial charge in [-0.15, -0.1) is 0 Å². The first-order valence-electron chi connectivity index (χ1n) is 9.56. The Labute approximate surface area is 170 Å². The van der Waals surface area contributed by atoms with Gasteiger partial charge in [-0.1, -0.05) is 42.5 Å². The summed E-state index contributed by atoms with van der Waals surface area (Å²) in [5.74, 6) is 0.709. The second kappa shape index (κ2) is 9.28. The molecule has 2 heterocycles. The molecule has 4 rings (SSSR count). The van der Waals surface area contributed by atoms with Crippen LogP contribution in [-0.2, 0) is 11.3 Å². The van der Waals surface area contributed by atoms with E-state index in [9.17, 15) is 0 Å². The first-order valence-corrected chi connectivity index (χ1v) is 9.56. The highest BCUT2D eigenvalue weighted by Gasteiger charge is 2.09. The highest BCUT2D eigenvalue weighted by molar-refractivity contribution is 5.86. The van der Waals surface area contributed by atoms with Gasteiger partial charge in [0.25, 0.3) is 0 Å². The molecule has 1 N–H and O–H groups in total. The number of benzene rings is 2. The van der Waals surface area contributed by atoms with Crippen LogP contribution in [0.4, 0.5) is 0 Å². The van der Waals surface area contributed by atoms with Crippen molar-refractivity contribution in [1.82, 2.24) is 15.3 Å². The van der Waals surface area contributed by atoms with E-state index in [0.717, 1.165) is 27.5 Å². The Hall–Kier alpha value is -3.28. The largest absolute Gasteiger partial charge is 0.488 e. The number of rotatable bonds is 8. The maximum Gasteiger partial charge on any atom is 0.142 e. The van der Waals surface area contributed by atoms with Gasteiger partial charge in [-0.2, -0.15) is 0 Å². The zero-order chi connectivity index (χ0) is 19.9. The second-order valence-electron chi connectivity index (χ2n) is 6.73. The average Bonchev–Trinajstić information content (AvgIpc) is 2.80. The van der Waals surface area contributed by atoms with E-state index in [1.165, 1.54) is 0 Å². The van der Waals surface area contributed by atoms with Crippen molar-refractivity contribution in [2.75, 3.05) is 13.7 Å². The molecule has 0 aliphatic heterocycles. The highest BCUT2D eigenvalue weighted by atomic mass is 16.5. The first-order chi connectivity index (χ1) is 14.3. The van der Waals surface area contributed by atoms with Crippen molar-refractivity contribution in [3.8, 4) is 16.9 Å². The summed E-state index contributed by atoms with van der Waals surface area (Å²) in [6.45, 7) is 0.914. The smallest absolute Gasteiger partial charge is 0.142 e. The summed E-state index contributed by atoms with van der Waals surface area (Å²) in [6, 6.07) is 20.4. The molecule has 0 radical (unpaired) electrons. The van der Waals surface area contributed by atoms with E-state index in [4.69, 9.17) is 9.47 Å². The Morgan fingerprint density at radius 3 is 2.62 bits per heavy atom. The predicted molar refractivity (Wildman–Crippen MR) is 115 cm³/mol. The van der Waals surface area contributed by atoms with Crippen LogP contribution < -0.4 is 10.1 Å². The number of pyridine rings is 2. The van der Waals surface area contributed by atoms with E-state index in [0.29, 0.717) is 19.0 Å². The lowest BCUT2D eigenvalue weighted by Gasteiger charge is -2.18. The van der Waals surface area contributed by atoms with Gasteiger partial charge in [0.2, 0.25) is 0 Å². The zero-order valence-corrected chi connectivity index (χ0v) is 16.3. The van der Waals surface area contributed by atoms with Gasteiger partial charge in [0.05, 0.1) is 12.8 Å². The summed E-state index contributed by atoms with van der Waals surface area (Å²) in [4.78, 5) is 8.50. The van der Waals surface area contributed by atoms with Gasteiger partial charge < -0.3 is 9.47 Å². The van der Waals surface area contributed by atoms with Crippen LogP contribution in [0.2, 0.25) is 0 Å². The van der Waals surface area contributed by atoms with Crippen molar-refractivity contribution < 1.29 is 9.47 Å². The molecule has 5 heteroatoms. The summed E-state index contributed by atoms with van der Waals surface area (Å²) in [7, 11) is 1.86. The molecule has 0 saturated carbocycles. The summed E-state index contributed by atoms with van der Waals surface area (Å²) < 4.78 is 11.8. The molecule has 1 atom stereocenters. The van der Waals surface area contributed by atoms with Crippen LogP contribution in [0.5, 0.6) is 5.75 Å². The van der Waals surface area contributed by atoms with Crippen molar-refractivity contribution in [3.63, 3.8) is 0 Å². The molecule has 4 aromatic rings. The van der Waals surface area contributed by atoms with Gasteiger partial charge in [-0.3, -0.25) is 15.3 Å². The number of aromatic nitrogens is 2. The fourth-order valence-electron chi connectivity index (χ4n) is 3.08. The number of hydrogen-bond acceptors (Lipinski definition) is 5. The lowest BCUT2D eigenvalue weighted by molar-refractivity contribution is -0.00684. The third-order valence-corrected chi connectivity index (χ3v) is 4.70. The molecule has 0 unspecified atom stereocenters. The average molecular weight is 385 g/mol. The third kappa shape index (κ3) is 4.96. The summed E-state index contributed by atoms with van der Waals surface area (Å²) in [5, 5.41) is 5.40. The number of hydrogen-bond donors (Lipinski definition) is 1. The molecule has 5 nitrogen and oxygen atoms in total. The van der Waals surface area contributed by atoms with Crippen LogP contribution in [0.1, 0.15) is 5.56 Å². The molecular formula is C24H23N3O2. The fourth-order valence-corrected chi connectivity index (χ4v) is 3.08. The normalized spacial score (nSPS) is 12.0. The standard InChI is InChI=1S/C24H23N3O2/c1-25-24(29-16-18-5-3-2-4-6-18)17-28-23-12-22(14-27-15-23)19-7-8-21-13-26-10-9-20(21)11-19/h2-15,24-25H,16-17H2,1H3/t24-/m0/s1. The van der Waals surface area contributed by atoms with Gasteiger partial charge in [-0.05, 0) is 41.8 Å². The Kier molecular flexibility index (Phi) is 6.10. The van der Waals surface area contributed by atoms with Crippen LogP contribution in [-0.4, -0.2) is 29.9 Å². The van der Waals surface area contributed by atoms with Crippen LogP contribution in [0.15, 0.2) is 85.5 Å². The van der Waals surface area contributed by atoms with Gasteiger partial charge >= 0.3 is 0 Å². The van der Waals surface area contributed by atoms with E-state index in [-0.39, 0.29) is 6.23 Å². The molecule has 0 aliphatic rings. The highest BCUT2D eigenvalue weighted by Crippen LogP contribution is 2.26. The molecule has 0 spiro atoms. The predicted octanol–water partition coefficient (Wildman–Crippen LogP) is 4.44. The molecular weight excluding hydrogens is 362 g/mol. The van der Waals surface area contributed by atoms with Crippen molar-refractivity contribution in [3.05, 3.63) is 91.0 Å². The van der Waals surface area contributed by atoms with Crippen molar-refractivity contribution in [2.24, 2.45) is 0 Å². The maximum atomic E-state index is 5.94. The number of nitrogens with zero attached hydrogens (tertiary/aromatic N) is 2. The Morgan fingerprint density at radius 1 is 0.862 bits per heavy atom. The summed E-state index contributed by atoms with van der Waals surface area (Å²) in [6.07, 6.45) is 7.02. The van der Waals surface area contributed by atoms with Crippen LogP contribution in [0.3, 0.4) is 0 Å². The van der Waals surface area contributed by atoms with Crippen molar-refractivity contribution in [1.29, 1.82) is 0 Å². The lowest BCUT2D eigenvalue weighted by atomic mass is 10.0. The van der Waals surface area contributed by atoms with Crippen LogP contribution in [0, 0.1) is 0 Å². The SMILES string of the molecule is CN[C@H](COc1cncc(-c2ccc3cnccc3c2)c1)OCc1ccccc1. The van der Waals surface area contributed by atoms with Gasteiger partial charge in [-0.25, -0.2) is 0 Å². The van der Waals surface area contributed by atoms with E-state index in [1.54, 1.807) is 12.4 Å². The molecule has 0 fully saturated rings.